The van der Waals surface area contributed by atoms with Gasteiger partial charge in [0.2, 0.25) is 0 Å². The third kappa shape index (κ3) is 3.79. The number of hydrogen-bond donors (Lipinski definition) is 0. The van der Waals surface area contributed by atoms with E-state index in [4.69, 9.17) is 14.5 Å². The first-order valence-corrected chi connectivity index (χ1v) is 10.8. The third-order valence-electron chi connectivity index (χ3n) is 6.13. The van der Waals surface area contributed by atoms with Crippen LogP contribution in [0.3, 0.4) is 0 Å². The number of amides is 1. The van der Waals surface area contributed by atoms with Crippen molar-refractivity contribution in [3.63, 3.8) is 0 Å². The summed E-state index contributed by atoms with van der Waals surface area (Å²) >= 11 is 0. The van der Waals surface area contributed by atoms with Gasteiger partial charge in [0.25, 0.3) is 5.91 Å². The Morgan fingerprint density at radius 2 is 1.80 bits per heavy atom. The van der Waals surface area contributed by atoms with Crippen LogP contribution < -0.4 is 4.74 Å². The average Bonchev–Trinajstić information content (AvgIpc) is 3.46. The van der Waals surface area contributed by atoms with Crippen LogP contribution in [0.15, 0.2) is 54.6 Å². The Hall–Kier alpha value is -2.86. The zero-order chi connectivity index (χ0) is 20.3. The van der Waals surface area contributed by atoms with Crippen LogP contribution in [0.5, 0.6) is 5.75 Å². The van der Waals surface area contributed by atoms with E-state index in [-0.39, 0.29) is 12.0 Å². The number of nitrogens with zero attached hydrogens (tertiary/aromatic N) is 3. The van der Waals surface area contributed by atoms with Gasteiger partial charge in [0, 0.05) is 25.7 Å². The molecule has 0 spiro atoms. The van der Waals surface area contributed by atoms with Crippen LogP contribution in [0.1, 0.15) is 37.5 Å². The SMILES string of the molecule is O=C(C1CCCO1)N1CCC(n2c(COc3ccccc3)nc3ccccc32)CC1. The third-order valence-corrected chi connectivity index (χ3v) is 6.13. The molecule has 0 bridgehead atoms. The molecule has 0 aliphatic carbocycles. The number of imidazole rings is 1. The van der Waals surface area contributed by atoms with E-state index in [0.717, 1.165) is 61.4 Å². The molecule has 3 aromatic rings. The molecule has 0 N–H and O–H groups in total. The molecule has 5 rings (SSSR count). The first-order valence-electron chi connectivity index (χ1n) is 10.8. The van der Waals surface area contributed by atoms with Crippen LogP contribution in [0.4, 0.5) is 0 Å². The highest BCUT2D eigenvalue weighted by Gasteiger charge is 2.32. The van der Waals surface area contributed by atoms with E-state index < -0.39 is 0 Å². The molecule has 6 heteroatoms. The highest BCUT2D eigenvalue weighted by molar-refractivity contribution is 5.81. The molecule has 3 heterocycles. The largest absolute Gasteiger partial charge is 0.486 e. The van der Waals surface area contributed by atoms with Crippen molar-refractivity contribution in [3.8, 4) is 5.75 Å². The number of piperidine rings is 1. The topological polar surface area (TPSA) is 56.6 Å². The second kappa shape index (κ2) is 8.48. The lowest BCUT2D eigenvalue weighted by atomic mass is 10.0. The molecule has 2 aliphatic rings. The molecule has 6 nitrogen and oxygen atoms in total. The Morgan fingerprint density at radius 3 is 2.57 bits per heavy atom. The lowest BCUT2D eigenvalue weighted by molar-refractivity contribution is -0.142. The van der Waals surface area contributed by atoms with Crippen molar-refractivity contribution in [3.05, 3.63) is 60.4 Å². The van der Waals surface area contributed by atoms with E-state index in [1.807, 2.05) is 47.4 Å². The highest BCUT2D eigenvalue weighted by atomic mass is 16.5. The van der Waals surface area contributed by atoms with Gasteiger partial charge in [-0.05, 0) is 49.9 Å². The van der Waals surface area contributed by atoms with E-state index in [1.165, 1.54) is 0 Å². The van der Waals surface area contributed by atoms with Crippen LogP contribution in [-0.2, 0) is 16.1 Å². The average molecular weight is 405 g/mol. The van der Waals surface area contributed by atoms with Gasteiger partial charge in [0.05, 0.1) is 11.0 Å². The van der Waals surface area contributed by atoms with Gasteiger partial charge >= 0.3 is 0 Å². The number of likely N-dealkylation sites (tertiary alicyclic amines) is 1. The molecule has 1 aromatic heterocycles. The first-order chi connectivity index (χ1) is 14.8. The van der Waals surface area contributed by atoms with E-state index in [9.17, 15) is 4.79 Å². The molecule has 0 saturated carbocycles. The van der Waals surface area contributed by atoms with Gasteiger partial charge in [-0.1, -0.05) is 30.3 Å². The fourth-order valence-electron chi connectivity index (χ4n) is 4.59. The molecule has 30 heavy (non-hydrogen) atoms. The quantitative estimate of drug-likeness (QED) is 0.645. The predicted octanol–water partition coefficient (Wildman–Crippen LogP) is 3.96. The number of rotatable bonds is 5. The van der Waals surface area contributed by atoms with Crippen molar-refractivity contribution in [2.24, 2.45) is 0 Å². The van der Waals surface area contributed by atoms with Gasteiger partial charge in [-0.15, -0.1) is 0 Å². The van der Waals surface area contributed by atoms with Crippen molar-refractivity contribution in [2.45, 2.75) is 44.4 Å². The molecule has 2 fully saturated rings. The molecular weight excluding hydrogens is 378 g/mol. The van der Waals surface area contributed by atoms with Crippen molar-refractivity contribution in [1.82, 2.24) is 14.5 Å². The minimum atomic E-state index is -0.231. The zero-order valence-electron chi connectivity index (χ0n) is 17.1. The van der Waals surface area contributed by atoms with Crippen molar-refractivity contribution < 1.29 is 14.3 Å². The van der Waals surface area contributed by atoms with E-state index in [1.54, 1.807) is 0 Å². The molecule has 2 aliphatic heterocycles. The Balaban J connectivity index is 1.34. The summed E-state index contributed by atoms with van der Waals surface area (Å²) in [6, 6.07) is 18.4. The molecule has 1 unspecified atom stereocenters. The van der Waals surface area contributed by atoms with Crippen molar-refractivity contribution in [1.29, 1.82) is 0 Å². The summed E-state index contributed by atoms with van der Waals surface area (Å²) in [7, 11) is 0. The maximum absolute atomic E-state index is 12.7. The molecular formula is C24H27N3O3. The van der Waals surface area contributed by atoms with Gasteiger partial charge in [-0.2, -0.15) is 0 Å². The van der Waals surface area contributed by atoms with Crippen LogP contribution in [0, 0.1) is 0 Å². The Labute approximate surface area is 176 Å². The number of benzene rings is 2. The standard InChI is InChI=1S/C24H27N3O3/c28-24(22-11-6-16-29-22)26-14-12-18(13-15-26)27-21-10-5-4-9-20(21)25-23(27)17-30-19-7-2-1-3-8-19/h1-5,7-10,18,22H,6,11-17H2. The van der Waals surface area contributed by atoms with Gasteiger partial charge in [0.15, 0.2) is 0 Å². The van der Waals surface area contributed by atoms with Crippen LogP contribution in [-0.4, -0.2) is 46.2 Å². The predicted molar refractivity (Wildman–Crippen MR) is 114 cm³/mol. The van der Waals surface area contributed by atoms with E-state index in [2.05, 4.69) is 16.7 Å². The summed E-state index contributed by atoms with van der Waals surface area (Å²) in [6.07, 6.45) is 3.43. The van der Waals surface area contributed by atoms with Gasteiger partial charge < -0.3 is 18.9 Å². The van der Waals surface area contributed by atoms with Crippen LogP contribution in [0.2, 0.25) is 0 Å². The first kappa shape index (κ1) is 19.1. The fraction of sp³-hybridized carbons (Fsp3) is 0.417. The second-order valence-corrected chi connectivity index (χ2v) is 8.05. The van der Waals surface area contributed by atoms with Gasteiger partial charge in [0.1, 0.15) is 24.3 Å². The Bertz CT molecular complexity index is 1000. The van der Waals surface area contributed by atoms with E-state index in [0.29, 0.717) is 19.3 Å². The van der Waals surface area contributed by atoms with Gasteiger partial charge in [-0.3, -0.25) is 4.79 Å². The molecule has 2 aromatic carbocycles. The van der Waals surface area contributed by atoms with Crippen LogP contribution in [0.25, 0.3) is 11.0 Å². The smallest absolute Gasteiger partial charge is 0.251 e. The number of para-hydroxylation sites is 3. The summed E-state index contributed by atoms with van der Waals surface area (Å²) in [5, 5.41) is 0. The monoisotopic (exact) mass is 405 g/mol. The number of hydrogen-bond acceptors (Lipinski definition) is 4. The Morgan fingerprint density at radius 1 is 1.03 bits per heavy atom. The second-order valence-electron chi connectivity index (χ2n) is 8.05. The van der Waals surface area contributed by atoms with Crippen molar-refractivity contribution in [2.75, 3.05) is 19.7 Å². The molecule has 156 valence electrons. The highest BCUT2D eigenvalue weighted by Crippen LogP contribution is 2.30. The molecule has 1 atom stereocenters. The molecule has 0 radical (unpaired) electrons. The normalized spacial score (nSPS) is 20.0. The summed E-state index contributed by atoms with van der Waals surface area (Å²) in [5.41, 5.74) is 2.12. The number of fused-ring (bicyclic) bond motifs is 1. The minimum absolute atomic E-state index is 0.161. The number of carbonyl (C=O) groups excluding carboxylic acids is 1. The fourth-order valence-corrected chi connectivity index (χ4v) is 4.59. The lowest BCUT2D eigenvalue weighted by Crippen LogP contribution is -2.44. The summed E-state index contributed by atoms with van der Waals surface area (Å²) < 4.78 is 13.9. The zero-order valence-corrected chi connectivity index (χ0v) is 17.1. The minimum Gasteiger partial charge on any atom is -0.486 e. The van der Waals surface area contributed by atoms with Crippen molar-refractivity contribution >= 4 is 16.9 Å². The Kier molecular flexibility index (Phi) is 5.41. The summed E-state index contributed by atoms with van der Waals surface area (Å²) in [4.78, 5) is 19.5. The molecule has 1 amide bonds. The maximum Gasteiger partial charge on any atom is 0.251 e. The number of carbonyl (C=O) groups is 1. The number of aromatic nitrogens is 2. The lowest BCUT2D eigenvalue weighted by Gasteiger charge is -2.34. The van der Waals surface area contributed by atoms with Crippen LogP contribution >= 0.6 is 0 Å². The van der Waals surface area contributed by atoms with Gasteiger partial charge in [-0.25, -0.2) is 4.98 Å². The van der Waals surface area contributed by atoms with E-state index >= 15 is 0 Å². The summed E-state index contributed by atoms with van der Waals surface area (Å²) in [5.74, 6) is 1.94. The summed E-state index contributed by atoms with van der Waals surface area (Å²) in [6.45, 7) is 2.65. The number of ether oxygens (including phenoxy) is 2. The molecule has 2 saturated heterocycles. The maximum atomic E-state index is 12.7.